The van der Waals surface area contributed by atoms with E-state index in [0.717, 1.165) is 0 Å². The highest BCUT2D eigenvalue weighted by atomic mass is 16.5. The number of methoxy groups -OCH3 is 2. The number of carbonyl (C=O) groups is 1. The molecule has 0 unspecified atom stereocenters. The molecule has 0 bridgehead atoms. The number of rotatable bonds is 11. The molecule has 1 rings (SSSR count). The van der Waals surface area contributed by atoms with Crippen LogP contribution >= 0.6 is 0 Å². The van der Waals surface area contributed by atoms with Gasteiger partial charge in [-0.2, -0.15) is 0 Å². The van der Waals surface area contributed by atoms with Crippen LogP contribution in [-0.2, 0) is 14.3 Å². The molecular formula is C18H29NO6. The average molecular weight is 355 g/mol. The average Bonchev–Trinajstić information content (AvgIpc) is 2.58. The molecule has 0 aliphatic heterocycles. The molecule has 1 aromatic rings. The number of esters is 1. The Hall–Kier alpha value is -1.86. The Labute approximate surface area is 149 Å². The van der Waals surface area contributed by atoms with Crippen LogP contribution in [0, 0.1) is 11.8 Å². The number of pyridine rings is 1. The number of aromatic nitrogens is 1. The van der Waals surface area contributed by atoms with E-state index in [2.05, 4.69) is 4.98 Å². The summed E-state index contributed by atoms with van der Waals surface area (Å²) in [4.78, 5) is 16.4. The Bertz CT molecular complexity index is 534. The van der Waals surface area contributed by atoms with Crippen LogP contribution in [-0.4, -0.2) is 50.1 Å². The quantitative estimate of drug-likeness (QED) is 0.482. The Kier molecular flexibility index (Phi) is 9.23. The number of ether oxygens (including phenoxy) is 4. The standard InChI is InChI=1S/C18H29NO6/c1-6-24-18(21)15(12(2)3)16(20)13-10-14(17(23-5)19-11-13)25-9-7-8-22-4/h10-12,15-16,20H,6-9H2,1-5H3/t15-,16+/m0/s1. The molecule has 1 aromatic heterocycles. The smallest absolute Gasteiger partial charge is 0.312 e. The van der Waals surface area contributed by atoms with Gasteiger partial charge in [0, 0.05) is 31.9 Å². The fraction of sp³-hybridized carbons (Fsp3) is 0.667. The zero-order valence-electron chi connectivity index (χ0n) is 15.7. The molecule has 0 amide bonds. The van der Waals surface area contributed by atoms with Gasteiger partial charge >= 0.3 is 5.97 Å². The maximum atomic E-state index is 12.2. The van der Waals surface area contributed by atoms with Crippen LogP contribution < -0.4 is 9.47 Å². The number of carbonyl (C=O) groups excluding carboxylic acids is 1. The van der Waals surface area contributed by atoms with Crippen LogP contribution in [0.2, 0.25) is 0 Å². The van der Waals surface area contributed by atoms with Gasteiger partial charge in [0.15, 0.2) is 5.75 Å². The number of aliphatic hydroxyl groups is 1. The first-order valence-electron chi connectivity index (χ1n) is 8.46. The van der Waals surface area contributed by atoms with E-state index < -0.39 is 18.0 Å². The minimum absolute atomic E-state index is 0.0952. The van der Waals surface area contributed by atoms with Crippen LogP contribution in [0.25, 0.3) is 0 Å². The molecule has 0 saturated carbocycles. The van der Waals surface area contributed by atoms with Crippen molar-refractivity contribution in [2.24, 2.45) is 11.8 Å². The Morgan fingerprint density at radius 3 is 2.56 bits per heavy atom. The van der Waals surface area contributed by atoms with E-state index in [9.17, 15) is 9.90 Å². The van der Waals surface area contributed by atoms with Crippen molar-refractivity contribution in [3.8, 4) is 11.6 Å². The molecule has 0 radical (unpaired) electrons. The summed E-state index contributed by atoms with van der Waals surface area (Å²) in [5.41, 5.74) is 0.481. The van der Waals surface area contributed by atoms with Gasteiger partial charge in [-0.05, 0) is 18.9 Å². The number of hydrogen-bond donors (Lipinski definition) is 1. The van der Waals surface area contributed by atoms with Gasteiger partial charge in [0.25, 0.3) is 5.88 Å². The fourth-order valence-electron chi connectivity index (χ4n) is 2.46. The molecule has 0 saturated heterocycles. The second-order valence-electron chi connectivity index (χ2n) is 5.94. The van der Waals surface area contributed by atoms with Crippen LogP contribution in [0.1, 0.15) is 38.9 Å². The van der Waals surface area contributed by atoms with Gasteiger partial charge in [0.2, 0.25) is 0 Å². The Morgan fingerprint density at radius 1 is 1.28 bits per heavy atom. The molecule has 7 heteroatoms. The van der Waals surface area contributed by atoms with Crippen molar-refractivity contribution < 1.29 is 28.8 Å². The third kappa shape index (κ3) is 6.17. The molecule has 7 nitrogen and oxygen atoms in total. The molecule has 0 spiro atoms. The SMILES string of the molecule is CCOC(=O)[C@@H](C(C)C)[C@H](O)c1cnc(OC)c(OCCCOC)c1. The van der Waals surface area contributed by atoms with E-state index >= 15 is 0 Å². The van der Waals surface area contributed by atoms with Gasteiger partial charge in [-0.1, -0.05) is 13.8 Å². The summed E-state index contributed by atoms with van der Waals surface area (Å²) in [6, 6.07) is 1.65. The van der Waals surface area contributed by atoms with Crippen LogP contribution in [0.5, 0.6) is 11.6 Å². The van der Waals surface area contributed by atoms with Crippen molar-refractivity contribution in [2.75, 3.05) is 34.0 Å². The molecule has 1 heterocycles. The molecule has 25 heavy (non-hydrogen) atoms. The summed E-state index contributed by atoms with van der Waals surface area (Å²) >= 11 is 0. The lowest BCUT2D eigenvalue weighted by Crippen LogP contribution is -2.29. The fourth-order valence-corrected chi connectivity index (χ4v) is 2.46. The molecule has 1 N–H and O–H groups in total. The zero-order chi connectivity index (χ0) is 18.8. The van der Waals surface area contributed by atoms with Gasteiger partial charge in [0.05, 0.1) is 32.3 Å². The summed E-state index contributed by atoms with van der Waals surface area (Å²) in [5.74, 6) is -0.464. The van der Waals surface area contributed by atoms with Gasteiger partial charge < -0.3 is 24.1 Å². The molecular weight excluding hydrogens is 326 g/mol. The van der Waals surface area contributed by atoms with Crippen LogP contribution in [0.4, 0.5) is 0 Å². The number of nitrogens with zero attached hydrogens (tertiary/aromatic N) is 1. The van der Waals surface area contributed by atoms with Crippen molar-refractivity contribution >= 4 is 5.97 Å². The molecule has 2 atom stereocenters. The normalized spacial score (nSPS) is 13.4. The molecule has 142 valence electrons. The second-order valence-corrected chi connectivity index (χ2v) is 5.94. The van der Waals surface area contributed by atoms with Crippen molar-refractivity contribution in [2.45, 2.75) is 33.3 Å². The van der Waals surface area contributed by atoms with Crippen molar-refractivity contribution in [3.63, 3.8) is 0 Å². The van der Waals surface area contributed by atoms with E-state index in [4.69, 9.17) is 18.9 Å². The molecule has 0 fully saturated rings. The lowest BCUT2D eigenvalue weighted by Gasteiger charge is -2.25. The maximum Gasteiger partial charge on any atom is 0.312 e. The van der Waals surface area contributed by atoms with E-state index in [0.29, 0.717) is 36.8 Å². The molecule has 0 aliphatic carbocycles. The largest absolute Gasteiger partial charge is 0.488 e. The monoisotopic (exact) mass is 355 g/mol. The molecule has 0 aliphatic rings. The Morgan fingerprint density at radius 2 is 2.00 bits per heavy atom. The number of hydrogen-bond acceptors (Lipinski definition) is 7. The minimum Gasteiger partial charge on any atom is -0.488 e. The first-order valence-corrected chi connectivity index (χ1v) is 8.46. The summed E-state index contributed by atoms with van der Waals surface area (Å²) in [6.45, 7) is 6.74. The van der Waals surface area contributed by atoms with Crippen molar-refractivity contribution in [1.29, 1.82) is 0 Å². The highest BCUT2D eigenvalue weighted by Gasteiger charge is 2.33. The zero-order valence-corrected chi connectivity index (χ0v) is 15.7. The van der Waals surface area contributed by atoms with Gasteiger partial charge in [-0.25, -0.2) is 4.98 Å². The maximum absolute atomic E-state index is 12.2. The van der Waals surface area contributed by atoms with Crippen LogP contribution in [0.15, 0.2) is 12.3 Å². The molecule has 0 aromatic carbocycles. The first kappa shape index (κ1) is 21.2. The van der Waals surface area contributed by atoms with E-state index in [1.54, 1.807) is 20.1 Å². The highest BCUT2D eigenvalue weighted by molar-refractivity contribution is 5.73. The third-order valence-corrected chi connectivity index (χ3v) is 3.74. The van der Waals surface area contributed by atoms with E-state index in [1.807, 2.05) is 13.8 Å². The lowest BCUT2D eigenvalue weighted by atomic mass is 9.87. The lowest BCUT2D eigenvalue weighted by molar-refractivity contribution is -0.154. The van der Waals surface area contributed by atoms with Crippen molar-refractivity contribution in [1.82, 2.24) is 4.98 Å². The first-order chi connectivity index (χ1) is 12.0. The van der Waals surface area contributed by atoms with Crippen LogP contribution in [0.3, 0.4) is 0 Å². The second kappa shape index (κ2) is 10.9. The summed E-state index contributed by atoms with van der Waals surface area (Å²) in [6.07, 6.45) is 1.16. The van der Waals surface area contributed by atoms with Crippen molar-refractivity contribution in [3.05, 3.63) is 17.8 Å². The summed E-state index contributed by atoms with van der Waals surface area (Å²) in [7, 11) is 3.12. The van der Waals surface area contributed by atoms with E-state index in [-0.39, 0.29) is 12.5 Å². The van der Waals surface area contributed by atoms with E-state index in [1.165, 1.54) is 13.3 Å². The minimum atomic E-state index is -1.04. The van der Waals surface area contributed by atoms with Gasteiger partial charge in [0.1, 0.15) is 0 Å². The third-order valence-electron chi connectivity index (χ3n) is 3.74. The predicted octanol–water partition coefficient (Wildman–Crippen LogP) is 2.37. The summed E-state index contributed by atoms with van der Waals surface area (Å²) < 4.78 is 20.9. The number of aliphatic hydroxyl groups excluding tert-OH is 1. The van der Waals surface area contributed by atoms with Gasteiger partial charge in [-0.15, -0.1) is 0 Å². The highest BCUT2D eigenvalue weighted by Crippen LogP contribution is 2.33. The van der Waals surface area contributed by atoms with Gasteiger partial charge in [-0.3, -0.25) is 4.79 Å². The topological polar surface area (TPSA) is 87.1 Å². The summed E-state index contributed by atoms with van der Waals surface area (Å²) in [5, 5.41) is 10.7. The Balaban J connectivity index is 2.99. The predicted molar refractivity (Wildman–Crippen MR) is 92.7 cm³/mol.